The van der Waals surface area contributed by atoms with Gasteiger partial charge in [0.05, 0.1) is 35.1 Å². The first-order valence-electron chi connectivity index (χ1n) is 10.9. The number of aromatic nitrogens is 2. The van der Waals surface area contributed by atoms with E-state index in [0.717, 1.165) is 41.3 Å². The van der Waals surface area contributed by atoms with Gasteiger partial charge in [0.15, 0.2) is 0 Å². The van der Waals surface area contributed by atoms with Crippen molar-refractivity contribution in [2.75, 3.05) is 25.0 Å². The molecule has 4 N–H and O–H groups in total. The molecule has 2 amide bonds. The molecule has 3 aromatic rings. The zero-order chi connectivity index (χ0) is 26.0. The number of rotatable bonds is 4. The summed E-state index contributed by atoms with van der Waals surface area (Å²) in [5, 5.41) is 5.64. The summed E-state index contributed by atoms with van der Waals surface area (Å²) in [6, 6.07) is 5.30. The van der Waals surface area contributed by atoms with Crippen molar-refractivity contribution in [3.63, 3.8) is 0 Å². The summed E-state index contributed by atoms with van der Waals surface area (Å²) < 4.78 is 38.0. The van der Waals surface area contributed by atoms with E-state index in [1.807, 2.05) is 12.1 Å². The van der Waals surface area contributed by atoms with Crippen molar-refractivity contribution in [2.24, 2.45) is 5.73 Å². The third kappa shape index (κ3) is 6.41. The fourth-order valence-electron chi connectivity index (χ4n) is 3.95. The van der Waals surface area contributed by atoms with Gasteiger partial charge in [-0.25, -0.2) is 0 Å². The Morgan fingerprint density at radius 1 is 1.34 bits per heavy atom. The Balaban J connectivity index is 0.000000429. The molecule has 0 saturated carbocycles. The highest BCUT2D eigenvalue weighted by atomic mass is 35.5. The minimum Gasteiger partial charge on any atom is -0.372 e. The molecular weight excluding hydrogens is 487 g/mol. The predicted molar refractivity (Wildman–Crippen MR) is 128 cm³/mol. The van der Waals surface area contributed by atoms with Crippen LogP contribution >= 0.6 is 11.6 Å². The molecule has 3 heterocycles. The number of nitrogens with two attached hydrogens (primary N) is 1. The molecule has 0 radical (unpaired) electrons. The SMILES string of the molecule is CCCN1CC(C)(C)OCC1C(=O)Nc1cc(Cl)cc2c1[nH]c1cnccc12.NC(=O)C(F)(F)F. The number of primary amides is 1. The zero-order valence-electron chi connectivity index (χ0n) is 19.5. The maximum absolute atomic E-state index is 13.1. The summed E-state index contributed by atoms with van der Waals surface area (Å²) in [5.74, 6) is -2.34. The monoisotopic (exact) mass is 513 g/mol. The van der Waals surface area contributed by atoms with Gasteiger partial charge in [-0.3, -0.25) is 19.5 Å². The van der Waals surface area contributed by atoms with Gasteiger partial charge in [0.1, 0.15) is 6.04 Å². The van der Waals surface area contributed by atoms with E-state index >= 15 is 0 Å². The first-order valence-corrected chi connectivity index (χ1v) is 11.3. The van der Waals surface area contributed by atoms with Crippen LogP contribution in [0, 0.1) is 0 Å². The van der Waals surface area contributed by atoms with E-state index in [0.29, 0.717) is 17.3 Å². The molecule has 1 atom stereocenters. The highest BCUT2D eigenvalue weighted by Crippen LogP contribution is 2.33. The van der Waals surface area contributed by atoms with Gasteiger partial charge < -0.3 is 20.8 Å². The van der Waals surface area contributed by atoms with Gasteiger partial charge in [0.25, 0.3) is 0 Å². The van der Waals surface area contributed by atoms with Gasteiger partial charge in [0, 0.05) is 28.5 Å². The maximum Gasteiger partial charge on any atom is 0.470 e. The minimum absolute atomic E-state index is 0.0794. The molecule has 1 fully saturated rings. The Hall–Kier alpha value is -2.89. The van der Waals surface area contributed by atoms with E-state index in [9.17, 15) is 18.0 Å². The number of nitrogens with zero attached hydrogens (tertiary/aromatic N) is 2. The molecule has 35 heavy (non-hydrogen) atoms. The smallest absolute Gasteiger partial charge is 0.372 e. The molecule has 0 aliphatic carbocycles. The van der Waals surface area contributed by atoms with E-state index in [4.69, 9.17) is 21.1 Å². The number of fused-ring (bicyclic) bond motifs is 3. The normalized spacial score (nSPS) is 18.2. The lowest BCUT2D eigenvalue weighted by molar-refractivity contribution is -0.169. The molecule has 4 rings (SSSR count). The molecule has 1 aromatic carbocycles. The van der Waals surface area contributed by atoms with E-state index in [1.165, 1.54) is 0 Å². The number of halogens is 4. The van der Waals surface area contributed by atoms with Crippen molar-refractivity contribution < 1.29 is 27.5 Å². The summed E-state index contributed by atoms with van der Waals surface area (Å²) >= 11 is 6.35. The van der Waals surface area contributed by atoms with E-state index in [-0.39, 0.29) is 17.6 Å². The molecule has 1 aliphatic heterocycles. The fraction of sp³-hybridized carbons (Fsp3) is 0.435. The molecule has 8 nitrogen and oxygen atoms in total. The number of pyridine rings is 1. The number of carbonyl (C=O) groups is 2. The van der Waals surface area contributed by atoms with Gasteiger partial charge in [-0.15, -0.1) is 0 Å². The molecular formula is C23H27ClF3N5O3. The lowest BCUT2D eigenvalue weighted by Gasteiger charge is -2.42. The van der Waals surface area contributed by atoms with E-state index in [1.54, 1.807) is 18.5 Å². The molecule has 190 valence electrons. The third-order valence-electron chi connectivity index (χ3n) is 5.48. The molecule has 0 bridgehead atoms. The third-order valence-corrected chi connectivity index (χ3v) is 5.70. The Morgan fingerprint density at radius 2 is 2.03 bits per heavy atom. The number of benzene rings is 1. The largest absolute Gasteiger partial charge is 0.470 e. The van der Waals surface area contributed by atoms with Crippen molar-refractivity contribution in [1.82, 2.24) is 14.9 Å². The molecule has 2 aromatic heterocycles. The van der Waals surface area contributed by atoms with Gasteiger partial charge in [-0.2, -0.15) is 13.2 Å². The first kappa shape index (κ1) is 26.7. The quantitative estimate of drug-likeness (QED) is 0.483. The van der Waals surface area contributed by atoms with Crippen LogP contribution in [0.15, 0.2) is 30.6 Å². The number of alkyl halides is 3. The van der Waals surface area contributed by atoms with Gasteiger partial charge >= 0.3 is 12.1 Å². The first-order chi connectivity index (χ1) is 16.3. The second kappa shape index (κ2) is 10.4. The van der Waals surface area contributed by atoms with Crippen LogP contribution in [-0.2, 0) is 14.3 Å². The number of H-pyrrole nitrogens is 1. The number of ether oxygens (including phenoxy) is 1. The van der Waals surface area contributed by atoms with Crippen LogP contribution < -0.4 is 11.1 Å². The summed E-state index contributed by atoms with van der Waals surface area (Å²) in [7, 11) is 0. The van der Waals surface area contributed by atoms with Crippen LogP contribution in [0.2, 0.25) is 5.02 Å². The van der Waals surface area contributed by atoms with Crippen LogP contribution in [0.4, 0.5) is 18.9 Å². The maximum atomic E-state index is 13.1. The van der Waals surface area contributed by atoms with E-state index in [2.05, 4.69) is 46.7 Å². The number of carbonyl (C=O) groups excluding carboxylic acids is 2. The molecule has 12 heteroatoms. The Morgan fingerprint density at radius 3 is 2.66 bits per heavy atom. The van der Waals surface area contributed by atoms with Crippen LogP contribution in [0.3, 0.4) is 0 Å². The second-order valence-electron chi connectivity index (χ2n) is 8.83. The number of nitrogens with one attached hydrogen (secondary N) is 2. The van der Waals surface area contributed by atoms with Crippen LogP contribution in [-0.4, -0.2) is 64.2 Å². The number of aromatic amines is 1. The average Bonchev–Trinajstić information content (AvgIpc) is 3.12. The zero-order valence-corrected chi connectivity index (χ0v) is 20.3. The number of amides is 2. The van der Waals surface area contributed by atoms with Crippen LogP contribution in [0.25, 0.3) is 21.8 Å². The average molecular weight is 514 g/mol. The summed E-state index contributed by atoms with van der Waals surface area (Å²) in [6.07, 6.45) is -0.357. The number of hydrogen-bond donors (Lipinski definition) is 3. The molecule has 1 unspecified atom stereocenters. The standard InChI is InChI=1S/C21H25ClN4O2.C2H2F3NO/c1-4-7-26-12-21(2,3)28-11-18(26)20(27)25-16-9-13(22)8-15-14-5-6-23-10-17(14)24-19(15)16;3-2(4,5)1(6)7/h5-6,8-10,18,24H,4,7,11-12H2,1-3H3,(H,25,27);(H2,6,7). The number of morpholine rings is 1. The van der Waals surface area contributed by atoms with Crippen molar-refractivity contribution in [2.45, 2.75) is 45.0 Å². The van der Waals surface area contributed by atoms with Crippen LogP contribution in [0.1, 0.15) is 27.2 Å². The lowest BCUT2D eigenvalue weighted by atomic mass is 10.0. The van der Waals surface area contributed by atoms with Crippen molar-refractivity contribution in [3.05, 3.63) is 35.6 Å². The second-order valence-corrected chi connectivity index (χ2v) is 9.27. The van der Waals surface area contributed by atoms with Gasteiger partial charge in [-0.1, -0.05) is 18.5 Å². The predicted octanol–water partition coefficient (Wildman–Crippen LogP) is 4.23. The number of hydrogen-bond acceptors (Lipinski definition) is 5. The van der Waals surface area contributed by atoms with Gasteiger partial charge in [-0.05, 0) is 45.0 Å². The number of anilines is 1. The Labute approximate surface area is 204 Å². The molecule has 0 spiro atoms. The molecule has 1 saturated heterocycles. The van der Waals surface area contributed by atoms with Crippen molar-refractivity contribution >= 4 is 50.9 Å². The lowest BCUT2D eigenvalue weighted by Crippen LogP contribution is -2.58. The highest BCUT2D eigenvalue weighted by molar-refractivity contribution is 6.33. The topological polar surface area (TPSA) is 113 Å². The fourth-order valence-corrected chi connectivity index (χ4v) is 4.17. The van der Waals surface area contributed by atoms with Crippen molar-refractivity contribution in [3.8, 4) is 0 Å². The minimum atomic E-state index is -4.86. The summed E-state index contributed by atoms with van der Waals surface area (Å²) in [4.78, 5) is 32.0. The Bertz CT molecular complexity index is 1230. The van der Waals surface area contributed by atoms with Crippen molar-refractivity contribution in [1.29, 1.82) is 0 Å². The summed E-state index contributed by atoms with van der Waals surface area (Å²) in [6.45, 7) is 8.19. The van der Waals surface area contributed by atoms with Crippen LogP contribution in [0.5, 0.6) is 0 Å². The Kier molecular flexibility index (Phi) is 7.93. The molecule has 1 aliphatic rings. The van der Waals surface area contributed by atoms with Gasteiger partial charge in [0.2, 0.25) is 5.91 Å². The summed E-state index contributed by atoms with van der Waals surface area (Å²) in [5.41, 5.74) is 5.98. The van der Waals surface area contributed by atoms with E-state index < -0.39 is 12.1 Å². The highest BCUT2D eigenvalue weighted by Gasteiger charge is 2.37.